The quantitative estimate of drug-likeness (QED) is 0.701. The molecule has 0 aliphatic heterocycles. The van der Waals surface area contributed by atoms with E-state index in [0.717, 1.165) is 5.56 Å². The van der Waals surface area contributed by atoms with Crippen LogP contribution < -0.4 is 5.32 Å². The number of alkyl carbamates (subject to hydrolysis) is 1. The van der Waals surface area contributed by atoms with Crippen LogP contribution in [0.4, 0.5) is 4.79 Å². The highest BCUT2D eigenvalue weighted by Gasteiger charge is 2.21. The predicted molar refractivity (Wildman–Crippen MR) is 85.8 cm³/mol. The van der Waals surface area contributed by atoms with Crippen LogP contribution in [0.5, 0.6) is 0 Å². The van der Waals surface area contributed by atoms with Crippen LogP contribution in [0.2, 0.25) is 0 Å². The lowest BCUT2D eigenvalue weighted by atomic mass is 9.98. The number of hydrogen-bond donors (Lipinski definition) is 3. The first-order valence-corrected chi connectivity index (χ1v) is 7.75. The first kappa shape index (κ1) is 18.7. The van der Waals surface area contributed by atoms with E-state index in [1.165, 1.54) is 0 Å². The number of carbonyl (C=O) groups excluding carboxylic acids is 1. The van der Waals surface area contributed by atoms with Gasteiger partial charge in [0.25, 0.3) is 0 Å². The second-order valence-electron chi connectivity index (χ2n) is 6.06. The maximum Gasteiger partial charge on any atom is 0.407 e. The monoisotopic (exact) mass is 329 g/mol. The van der Waals surface area contributed by atoms with Crippen LogP contribution in [-0.2, 0) is 10.6 Å². The van der Waals surface area contributed by atoms with E-state index in [0.29, 0.717) is 5.56 Å². The fraction of sp³-hybridized carbons (Fsp3) is 0.562. The Hall–Kier alpha value is -1.30. The van der Waals surface area contributed by atoms with Crippen molar-refractivity contribution in [1.29, 1.82) is 0 Å². The number of halogens is 1. The normalized spacial score (nSPS) is 14.3. The van der Waals surface area contributed by atoms with Gasteiger partial charge in [-0.25, -0.2) is 4.79 Å². The van der Waals surface area contributed by atoms with Gasteiger partial charge in [-0.05, 0) is 38.3 Å². The molecule has 22 heavy (non-hydrogen) atoms. The number of hydrogen-bond acceptors (Lipinski definition) is 4. The van der Waals surface area contributed by atoms with Crippen LogP contribution >= 0.6 is 11.6 Å². The van der Waals surface area contributed by atoms with Crippen molar-refractivity contribution in [2.75, 3.05) is 6.54 Å². The first-order valence-electron chi connectivity index (χ1n) is 7.21. The zero-order valence-electron chi connectivity index (χ0n) is 13.2. The number of nitrogens with one attached hydrogen (secondary N) is 1. The summed E-state index contributed by atoms with van der Waals surface area (Å²) >= 11 is 5.82. The lowest BCUT2D eigenvalue weighted by molar-refractivity contribution is 0.0119. The molecule has 1 rings (SSSR count). The van der Waals surface area contributed by atoms with Crippen molar-refractivity contribution in [2.24, 2.45) is 0 Å². The van der Waals surface area contributed by atoms with Crippen molar-refractivity contribution in [3.8, 4) is 0 Å². The van der Waals surface area contributed by atoms with Gasteiger partial charge in [0.1, 0.15) is 11.7 Å². The van der Waals surface area contributed by atoms with E-state index in [4.69, 9.17) is 16.3 Å². The van der Waals surface area contributed by atoms with E-state index < -0.39 is 23.9 Å². The molecule has 0 spiro atoms. The maximum atomic E-state index is 11.5. The average molecular weight is 330 g/mol. The smallest absolute Gasteiger partial charge is 0.407 e. The van der Waals surface area contributed by atoms with Gasteiger partial charge < -0.3 is 20.3 Å². The summed E-state index contributed by atoms with van der Waals surface area (Å²) in [5.74, 6) is 0.260. The third-order valence-electron chi connectivity index (χ3n) is 2.99. The van der Waals surface area contributed by atoms with Gasteiger partial charge in [-0.3, -0.25) is 0 Å². The minimum Gasteiger partial charge on any atom is -0.444 e. The zero-order chi connectivity index (χ0) is 16.8. The highest BCUT2D eigenvalue weighted by Crippen LogP contribution is 2.23. The van der Waals surface area contributed by atoms with Crippen LogP contribution in [0.15, 0.2) is 24.3 Å². The molecule has 6 heteroatoms. The Morgan fingerprint density at radius 1 is 1.32 bits per heavy atom. The third-order valence-corrected chi connectivity index (χ3v) is 3.28. The summed E-state index contributed by atoms with van der Waals surface area (Å²) in [6.45, 7) is 5.52. The van der Waals surface area contributed by atoms with E-state index >= 15 is 0 Å². The lowest BCUT2D eigenvalue weighted by Gasteiger charge is -2.22. The standard InChI is InChI=1S/C16H24ClNO4/c1-16(2,3)22-15(21)18-9-8-13(19)14(20)12-7-5-4-6-11(12)10-17/h4-7,13-14,19-20H,8-10H2,1-3H3,(H,18,21). The van der Waals surface area contributed by atoms with Gasteiger partial charge >= 0.3 is 6.09 Å². The van der Waals surface area contributed by atoms with E-state index in [-0.39, 0.29) is 18.8 Å². The van der Waals surface area contributed by atoms with Gasteiger partial charge in [0.2, 0.25) is 0 Å². The zero-order valence-corrected chi connectivity index (χ0v) is 13.9. The predicted octanol–water partition coefficient (Wildman–Crippen LogP) is 2.73. The molecular formula is C16H24ClNO4. The molecule has 0 aromatic heterocycles. The molecule has 5 nitrogen and oxygen atoms in total. The van der Waals surface area contributed by atoms with Gasteiger partial charge in [-0.1, -0.05) is 24.3 Å². The largest absolute Gasteiger partial charge is 0.444 e. The van der Waals surface area contributed by atoms with Crippen molar-refractivity contribution >= 4 is 17.7 Å². The summed E-state index contributed by atoms with van der Waals surface area (Å²) in [6.07, 6.45) is -2.39. The molecule has 124 valence electrons. The van der Waals surface area contributed by atoms with Crippen LogP contribution in [0.1, 0.15) is 44.4 Å². The van der Waals surface area contributed by atoms with Crippen molar-refractivity contribution in [2.45, 2.75) is 50.9 Å². The Kier molecular flexibility index (Phi) is 7.13. The van der Waals surface area contributed by atoms with Gasteiger partial charge in [0.05, 0.1) is 6.10 Å². The van der Waals surface area contributed by atoms with Gasteiger partial charge in [-0.2, -0.15) is 0 Å². The molecule has 0 aliphatic rings. The van der Waals surface area contributed by atoms with Gasteiger partial charge in [-0.15, -0.1) is 11.6 Å². The number of ether oxygens (including phenoxy) is 1. The molecule has 0 saturated carbocycles. The van der Waals surface area contributed by atoms with E-state index in [1.54, 1.807) is 39.0 Å². The average Bonchev–Trinajstić information content (AvgIpc) is 2.44. The van der Waals surface area contributed by atoms with Crippen LogP contribution in [0.25, 0.3) is 0 Å². The van der Waals surface area contributed by atoms with E-state index in [1.807, 2.05) is 6.07 Å². The second kappa shape index (κ2) is 8.36. The maximum absolute atomic E-state index is 11.5. The number of rotatable bonds is 6. The Morgan fingerprint density at radius 3 is 2.55 bits per heavy atom. The van der Waals surface area contributed by atoms with Gasteiger partial charge in [0, 0.05) is 12.4 Å². The molecule has 0 bridgehead atoms. The molecular weight excluding hydrogens is 306 g/mol. The third kappa shape index (κ3) is 6.22. The summed E-state index contributed by atoms with van der Waals surface area (Å²) in [5.41, 5.74) is 0.805. The molecule has 2 unspecified atom stereocenters. The minimum absolute atomic E-state index is 0.205. The molecule has 0 radical (unpaired) electrons. The Morgan fingerprint density at radius 2 is 1.95 bits per heavy atom. The SMILES string of the molecule is CC(C)(C)OC(=O)NCCC(O)C(O)c1ccccc1CCl. The van der Waals surface area contributed by atoms with Crippen LogP contribution in [-0.4, -0.2) is 34.6 Å². The fourth-order valence-electron chi connectivity index (χ4n) is 1.95. The van der Waals surface area contributed by atoms with Crippen LogP contribution in [0, 0.1) is 0 Å². The van der Waals surface area contributed by atoms with E-state index in [9.17, 15) is 15.0 Å². The highest BCUT2D eigenvalue weighted by atomic mass is 35.5. The summed E-state index contributed by atoms with van der Waals surface area (Å²) in [5, 5.41) is 22.8. The highest BCUT2D eigenvalue weighted by molar-refractivity contribution is 6.17. The molecule has 3 N–H and O–H groups in total. The molecule has 1 aromatic rings. The Labute approximate surface area is 136 Å². The fourth-order valence-corrected chi connectivity index (χ4v) is 2.19. The number of benzene rings is 1. The van der Waals surface area contributed by atoms with Gasteiger partial charge in [0.15, 0.2) is 0 Å². The Bertz CT molecular complexity index is 487. The van der Waals surface area contributed by atoms with E-state index in [2.05, 4.69) is 5.32 Å². The molecule has 0 saturated heterocycles. The van der Waals surface area contributed by atoms with Crippen molar-refractivity contribution in [3.63, 3.8) is 0 Å². The first-order chi connectivity index (χ1) is 10.2. The number of alkyl halides is 1. The number of aliphatic hydroxyl groups is 2. The van der Waals surface area contributed by atoms with Crippen molar-refractivity contribution in [1.82, 2.24) is 5.32 Å². The summed E-state index contributed by atoms with van der Waals surface area (Å²) in [4.78, 5) is 11.5. The molecule has 2 atom stereocenters. The van der Waals surface area contributed by atoms with Crippen LogP contribution in [0.3, 0.4) is 0 Å². The number of carbonyl (C=O) groups is 1. The van der Waals surface area contributed by atoms with Crippen molar-refractivity contribution in [3.05, 3.63) is 35.4 Å². The molecule has 0 heterocycles. The second-order valence-corrected chi connectivity index (χ2v) is 6.33. The topological polar surface area (TPSA) is 78.8 Å². The molecule has 0 aliphatic carbocycles. The Balaban J connectivity index is 2.48. The molecule has 1 aromatic carbocycles. The summed E-state index contributed by atoms with van der Waals surface area (Å²) < 4.78 is 5.09. The molecule has 0 fully saturated rings. The molecule has 1 amide bonds. The van der Waals surface area contributed by atoms with Crippen molar-refractivity contribution < 1.29 is 19.7 Å². The number of amides is 1. The lowest BCUT2D eigenvalue weighted by Crippen LogP contribution is -2.34. The summed E-state index contributed by atoms with van der Waals surface area (Å²) in [7, 11) is 0. The minimum atomic E-state index is -1.05. The summed E-state index contributed by atoms with van der Waals surface area (Å²) in [6, 6.07) is 7.13. The number of aliphatic hydroxyl groups excluding tert-OH is 2.